The molecule has 0 bridgehead atoms. The quantitative estimate of drug-likeness (QED) is 0.608. The minimum absolute atomic E-state index is 0.249. The molecule has 1 aliphatic heterocycles. The first-order valence-corrected chi connectivity index (χ1v) is 7.93. The molecular formula is C17H31NO. The highest BCUT2D eigenvalue weighted by atomic mass is 16.2. The second kappa shape index (κ2) is 7.72. The van der Waals surface area contributed by atoms with Gasteiger partial charge in [-0.25, -0.2) is 0 Å². The van der Waals surface area contributed by atoms with E-state index in [9.17, 15) is 4.79 Å². The Bertz CT molecular complexity index is 296. The van der Waals surface area contributed by atoms with E-state index in [1.165, 1.54) is 38.5 Å². The fourth-order valence-corrected chi connectivity index (χ4v) is 3.10. The number of hydrogen-bond acceptors (Lipinski definition) is 1. The SMILES string of the molecule is C=CN1CC(C(C)(C)CCCCCC)CCCC1=O. The Labute approximate surface area is 119 Å². The third-order valence-corrected chi connectivity index (χ3v) is 4.68. The highest BCUT2D eigenvalue weighted by molar-refractivity contribution is 5.77. The first-order valence-electron chi connectivity index (χ1n) is 7.93. The Morgan fingerprint density at radius 3 is 2.74 bits per heavy atom. The van der Waals surface area contributed by atoms with E-state index in [1.807, 2.05) is 4.90 Å². The van der Waals surface area contributed by atoms with Crippen molar-refractivity contribution in [2.45, 2.75) is 72.1 Å². The molecule has 0 saturated carbocycles. The first kappa shape index (κ1) is 16.3. The third kappa shape index (κ3) is 5.00. The number of unbranched alkanes of at least 4 members (excludes halogenated alkanes) is 3. The van der Waals surface area contributed by atoms with E-state index in [1.54, 1.807) is 6.20 Å². The van der Waals surface area contributed by atoms with Gasteiger partial charge in [0.2, 0.25) is 5.91 Å². The van der Waals surface area contributed by atoms with Crippen molar-refractivity contribution >= 4 is 5.91 Å². The lowest BCUT2D eigenvalue weighted by Crippen LogP contribution is -2.34. The largest absolute Gasteiger partial charge is 0.319 e. The molecule has 19 heavy (non-hydrogen) atoms. The fourth-order valence-electron chi connectivity index (χ4n) is 3.10. The lowest BCUT2D eigenvalue weighted by Gasteiger charge is -2.35. The molecule has 1 fully saturated rings. The van der Waals surface area contributed by atoms with Crippen molar-refractivity contribution in [1.82, 2.24) is 4.90 Å². The summed E-state index contributed by atoms with van der Waals surface area (Å²) in [6.45, 7) is 11.7. The van der Waals surface area contributed by atoms with Crippen molar-refractivity contribution in [2.75, 3.05) is 6.54 Å². The Morgan fingerprint density at radius 1 is 1.37 bits per heavy atom. The van der Waals surface area contributed by atoms with Gasteiger partial charge in [-0.05, 0) is 36.8 Å². The van der Waals surface area contributed by atoms with Gasteiger partial charge < -0.3 is 4.90 Å². The summed E-state index contributed by atoms with van der Waals surface area (Å²) in [6.07, 6.45) is 11.2. The van der Waals surface area contributed by atoms with E-state index in [-0.39, 0.29) is 5.91 Å². The molecule has 0 aromatic heterocycles. The normalized spacial score (nSPS) is 21.3. The second-order valence-electron chi connectivity index (χ2n) is 6.62. The summed E-state index contributed by atoms with van der Waals surface area (Å²) in [6, 6.07) is 0. The van der Waals surface area contributed by atoms with Crippen molar-refractivity contribution in [2.24, 2.45) is 11.3 Å². The number of likely N-dealkylation sites (tertiary alicyclic amines) is 1. The van der Waals surface area contributed by atoms with Crippen molar-refractivity contribution in [3.05, 3.63) is 12.8 Å². The zero-order chi connectivity index (χ0) is 14.3. The monoisotopic (exact) mass is 265 g/mol. The molecule has 1 heterocycles. The molecule has 0 aromatic rings. The summed E-state index contributed by atoms with van der Waals surface area (Å²) < 4.78 is 0. The van der Waals surface area contributed by atoms with Gasteiger partial charge in [0.1, 0.15) is 0 Å². The molecule has 1 aliphatic rings. The van der Waals surface area contributed by atoms with Gasteiger partial charge in [-0.1, -0.05) is 53.0 Å². The van der Waals surface area contributed by atoms with Gasteiger partial charge in [0.05, 0.1) is 0 Å². The van der Waals surface area contributed by atoms with E-state index in [4.69, 9.17) is 0 Å². The minimum atomic E-state index is 0.249. The van der Waals surface area contributed by atoms with E-state index in [0.717, 1.165) is 13.0 Å². The Morgan fingerprint density at radius 2 is 2.11 bits per heavy atom. The molecule has 1 atom stereocenters. The van der Waals surface area contributed by atoms with Crippen LogP contribution >= 0.6 is 0 Å². The highest BCUT2D eigenvalue weighted by Gasteiger charge is 2.32. The lowest BCUT2D eigenvalue weighted by atomic mass is 9.73. The van der Waals surface area contributed by atoms with Crippen LogP contribution in [0.15, 0.2) is 12.8 Å². The smallest absolute Gasteiger partial charge is 0.226 e. The Balaban J connectivity index is 2.55. The molecule has 0 radical (unpaired) electrons. The molecule has 1 amide bonds. The lowest BCUT2D eigenvalue weighted by molar-refractivity contribution is -0.128. The van der Waals surface area contributed by atoms with Gasteiger partial charge in [0.15, 0.2) is 0 Å². The van der Waals surface area contributed by atoms with Crippen molar-refractivity contribution in [3.63, 3.8) is 0 Å². The molecular weight excluding hydrogens is 234 g/mol. The van der Waals surface area contributed by atoms with E-state index in [2.05, 4.69) is 27.4 Å². The average molecular weight is 265 g/mol. The predicted octanol–water partition coefficient (Wildman–Crippen LogP) is 4.76. The van der Waals surface area contributed by atoms with E-state index < -0.39 is 0 Å². The topological polar surface area (TPSA) is 20.3 Å². The first-order chi connectivity index (χ1) is 9.01. The summed E-state index contributed by atoms with van der Waals surface area (Å²) in [5.41, 5.74) is 0.333. The molecule has 1 saturated heterocycles. The second-order valence-corrected chi connectivity index (χ2v) is 6.62. The van der Waals surface area contributed by atoms with Crippen molar-refractivity contribution in [1.29, 1.82) is 0 Å². The van der Waals surface area contributed by atoms with Crippen LogP contribution in [0.25, 0.3) is 0 Å². The van der Waals surface area contributed by atoms with Crippen LogP contribution in [0.2, 0.25) is 0 Å². The predicted molar refractivity (Wildman–Crippen MR) is 81.8 cm³/mol. The number of nitrogens with zero attached hydrogens (tertiary/aromatic N) is 1. The zero-order valence-corrected chi connectivity index (χ0v) is 13.1. The maximum atomic E-state index is 11.9. The molecule has 110 valence electrons. The van der Waals surface area contributed by atoms with Crippen LogP contribution in [-0.4, -0.2) is 17.4 Å². The van der Waals surface area contributed by atoms with Crippen LogP contribution < -0.4 is 0 Å². The van der Waals surface area contributed by atoms with Crippen LogP contribution in [0.3, 0.4) is 0 Å². The van der Waals surface area contributed by atoms with Gasteiger partial charge in [0, 0.05) is 13.0 Å². The van der Waals surface area contributed by atoms with E-state index >= 15 is 0 Å². The van der Waals surface area contributed by atoms with Gasteiger partial charge >= 0.3 is 0 Å². The van der Waals surface area contributed by atoms with Crippen molar-refractivity contribution in [3.8, 4) is 0 Å². The molecule has 2 heteroatoms. The molecule has 0 spiro atoms. The Hall–Kier alpha value is -0.790. The van der Waals surface area contributed by atoms with Crippen LogP contribution in [0, 0.1) is 11.3 Å². The summed E-state index contributed by atoms with van der Waals surface area (Å²) in [4.78, 5) is 13.7. The summed E-state index contributed by atoms with van der Waals surface area (Å²) >= 11 is 0. The summed E-state index contributed by atoms with van der Waals surface area (Å²) in [7, 11) is 0. The molecule has 2 nitrogen and oxygen atoms in total. The zero-order valence-electron chi connectivity index (χ0n) is 13.1. The summed E-state index contributed by atoms with van der Waals surface area (Å²) in [5.74, 6) is 0.859. The number of carbonyl (C=O) groups excluding carboxylic acids is 1. The number of rotatable bonds is 7. The van der Waals surface area contributed by atoms with Gasteiger partial charge in [-0.15, -0.1) is 0 Å². The van der Waals surface area contributed by atoms with Gasteiger partial charge in [-0.2, -0.15) is 0 Å². The Kier molecular flexibility index (Phi) is 6.60. The van der Waals surface area contributed by atoms with Crippen LogP contribution in [-0.2, 0) is 4.79 Å². The minimum Gasteiger partial charge on any atom is -0.319 e. The standard InChI is InChI=1S/C17H31NO/c1-5-7-8-9-13-17(3,4)15-11-10-12-16(19)18(6-2)14-15/h6,15H,2,5,7-14H2,1,3-4H3. The maximum absolute atomic E-state index is 11.9. The molecule has 1 rings (SSSR count). The maximum Gasteiger partial charge on any atom is 0.226 e. The number of hydrogen-bond donors (Lipinski definition) is 0. The van der Waals surface area contributed by atoms with Crippen LogP contribution in [0.4, 0.5) is 0 Å². The third-order valence-electron chi connectivity index (χ3n) is 4.68. The van der Waals surface area contributed by atoms with Crippen molar-refractivity contribution < 1.29 is 4.79 Å². The molecule has 0 N–H and O–H groups in total. The molecule has 0 aromatic carbocycles. The summed E-state index contributed by atoms with van der Waals surface area (Å²) in [5, 5.41) is 0. The van der Waals surface area contributed by atoms with Crippen LogP contribution in [0.1, 0.15) is 72.1 Å². The van der Waals surface area contributed by atoms with Gasteiger partial charge in [0.25, 0.3) is 0 Å². The van der Waals surface area contributed by atoms with E-state index in [0.29, 0.717) is 17.8 Å². The molecule has 0 aliphatic carbocycles. The highest BCUT2D eigenvalue weighted by Crippen LogP contribution is 2.38. The number of amides is 1. The fraction of sp³-hybridized carbons (Fsp3) is 0.824. The average Bonchev–Trinajstić information content (AvgIpc) is 2.57. The number of carbonyl (C=O) groups is 1. The van der Waals surface area contributed by atoms with Gasteiger partial charge in [-0.3, -0.25) is 4.79 Å². The molecule has 1 unspecified atom stereocenters. The van der Waals surface area contributed by atoms with Crippen LogP contribution in [0.5, 0.6) is 0 Å².